The van der Waals surface area contributed by atoms with E-state index >= 15 is 0 Å². The number of hydrogen-bond donors (Lipinski definition) is 1. The van der Waals surface area contributed by atoms with E-state index in [1.807, 2.05) is 0 Å². The van der Waals surface area contributed by atoms with Crippen molar-refractivity contribution in [3.8, 4) is 0 Å². The van der Waals surface area contributed by atoms with E-state index in [-0.39, 0.29) is 12.4 Å². The number of carbonyl (C=O) groups is 2. The second-order valence-corrected chi connectivity index (χ2v) is 4.21. The molecule has 0 saturated carbocycles. The molecular formula is C13H12ClNO5. The second-order valence-electron chi connectivity index (χ2n) is 3.81. The molecule has 1 aromatic carbocycles. The van der Waals surface area contributed by atoms with E-state index in [1.165, 1.54) is 0 Å². The van der Waals surface area contributed by atoms with E-state index in [0.717, 1.165) is 6.26 Å². The zero-order valence-corrected chi connectivity index (χ0v) is 11.2. The van der Waals surface area contributed by atoms with E-state index in [4.69, 9.17) is 25.8 Å². The summed E-state index contributed by atoms with van der Waals surface area (Å²) in [6.07, 6.45) is 1.16. The summed E-state index contributed by atoms with van der Waals surface area (Å²) in [6, 6.07) is 6.75. The van der Waals surface area contributed by atoms with Gasteiger partial charge in [0, 0.05) is 0 Å². The van der Waals surface area contributed by atoms with Crippen molar-refractivity contribution in [2.75, 3.05) is 25.1 Å². The summed E-state index contributed by atoms with van der Waals surface area (Å²) < 4.78 is 14.7. The van der Waals surface area contributed by atoms with Gasteiger partial charge < -0.3 is 19.5 Å². The average molecular weight is 298 g/mol. The summed E-state index contributed by atoms with van der Waals surface area (Å²) in [5.41, 5.74) is 0.451. The van der Waals surface area contributed by atoms with Crippen LogP contribution in [0.5, 0.6) is 0 Å². The smallest absolute Gasteiger partial charge is 0.377 e. The fourth-order valence-electron chi connectivity index (χ4n) is 1.43. The molecule has 1 N–H and O–H groups in total. The Morgan fingerprint density at radius 1 is 1.30 bits per heavy atom. The highest BCUT2D eigenvalue weighted by Gasteiger charge is 2.18. The van der Waals surface area contributed by atoms with Crippen LogP contribution >= 0.6 is 11.6 Å². The molecule has 1 aromatic rings. The van der Waals surface area contributed by atoms with Gasteiger partial charge in [0.2, 0.25) is 5.76 Å². The van der Waals surface area contributed by atoms with E-state index in [9.17, 15) is 9.59 Å². The number of halogens is 1. The minimum atomic E-state index is -0.751. The largest absolute Gasteiger partial charge is 0.493 e. The number of anilines is 1. The predicted octanol–water partition coefficient (Wildman–Crippen LogP) is 1.71. The number of esters is 1. The van der Waals surface area contributed by atoms with Gasteiger partial charge in [-0.1, -0.05) is 23.7 Å². The van der Waals surface area contributed by atoms with Gasteiger partial charge in [-0.15, -0.1) is 0 Å². The normalized spacial score (nSPS) is 13.6. The second kappa shape index (κ2) is 6.81. The molecule has 6 nitrogen and oxygen atoms in total. The quantitative estimate of drug-likeness (QED) is 0.856. The third-order valence-electron chi connectivity index (χ3n) is 2.33. The lowest BCUT2D eigenvalue weighted by atomic mass is 10.3. The van der Waals surface area contributed by atoms with E-state index in [1.54, 1.807) is 24.3 Å². The molecular weight excluding hydrogens is 286 g/mol. The molecule has 0 unspecified atom stereocenters. The number of benzene rings is 1. The molecule has 0 spiro atoms. The molecule has 1 heterocycles. The molecule has 0 aliphatic carbocycles. The van der Waals surface area contributed by atoms with Crippen molar-refractivity contribution >= 4 is 29.2 Å². The van der Waals surface area contributed by atoms with Crippen LogP contribution in [0.15, 0.2) is 36.3 Å². The molecule has 20 heavy (non-hydrogen) atoms. The Kier molecular flexibility index (Phi) is 4.84. The highest BCUT2D eigenvalue weighted by molar-refractivity contribution is 6.33. The first-order valence-electron chi connectivity index (χ1n) is 5.83. The minimum Gasteiger partial charge on any atom is -0.493 e. The Hall–Kier alpha value is -2.21. The Bertz CT molecular complexity index is 543. The maximum atomic E-state index is 11.6. The zero-order valence-electron chi connectivity index (χ0n) is 10.4. The fourth-order valence-corrected chi connectivity index (χ4v) is 1.61. The molecule has 106 valence electrons. The maximum Gasteiger partial charge on any atom is 0.377 e. The van der Waals surface area contributed by atoms with Crippen molar-refractivity contribution in [1.82, 2.24) is 0 Å². The fraction of sp³-hybridized carbons (Fsp3) is 0.231. The van der Waals surface area contributed by atoms with Crippen LogP contribution in [0.2, 0.25) is 5.02 Å². The predicted molar refractivity (Wildman–Crippen MR) is 71.0 cm³/mol. The summed E-state index contributed by atoms with van der Waals surface area (Å²) in [5.74, 6) is -1.30. The number of amides is 1. The number of carbonyl (C=O) groups excluding carboxylic acids is 2. The number of nitrogens with one attached hydrogen (secondary N) is 1. The van der Waals surface area contributed by atoms with Gasteiger partial charge in [0.15, 0.2) is 6.61 Å². The molecule has 0 fully saturated rings. The lowest BCUT2D eigenvalue weighted by Gasteiger charge is -2.14. The summed E-state index contributed by atoms with van der Waals surface area (Å²) in [4.78, 5) is 23.1. The third kappa shape index (κ3) is 3.89. The highest BCUT2D eigenvalue weighted by Crippen LogP contribution is 2.20. The molecule has 0 radical (unpaired) electrons. The first-order valence-corrected chi connectivity index (χ1v) is 6.20. The van der Waals surface area contributed by atoms with Crippen molar-refractivity contribution in [3.63, 3.8) is 0 Å². The van der Waals surface area contributed by atoms with Crippen LogP contribution < -0.4 is 5.32 Å². The first-order chi connectivity index (χ1) is 9.66. The van der Waals surface area contributed by atoms with E-state index in [0.29, 0.717) is 17.3 Å². The minimum absolute atomic E-state index is 0.0539. The van der Waals surface area contributed by atoms with Crippen molar-refractivity contribution in [3.05, 3.63) is 41.3 Å². The molecule has 7 heteroatoms. The highest BCUT2D eigenvalue weighted by atomic mass is 35.5. The average Bonchev–Trinajstić information content (AvgIpc) is 2.48. The summed E-state index contributed by atoms with van der Waals surface area (Å²) in [5, 5.41) is 2.93. The van der Waals surface area contributed by atoms with Gasteiger partial charge in [0.1, 0.15) is 19.5 Å². The van der Waals surface area contributed by atoms with Crippen LogP contribution in [-0.4, -0.2) is 31.7 Å². The van der Waals surface area contributed by atoms with Gasteiger partial charge in [-0.05, 0) is 12.1 Å². The maximum absolute atomic E-state index is 11.6. The van der Waals surface area contributed by atoms with Crippen LogP contribution in [-0.2, 0) is 23.8 Å². The van der Waals surface area contributed by atoms with E-state index < -0.39 is 18.5 Å². The lowest BCUT2D eigenvalue weighted by Crippen LogP contribution is -2.23. The Morgan fingerprint density at radius 3 is 2.80 bits per heavy atom. The van der Waals surface area contributed by atoms with Crippen molar-refractivity contribution < 1.29 is 23.8 Å². The zero-order chi connectivity index (χ0) is 14.4. The molecule has 1 aliphatic heterocycles. The molecule has 2 rings (SSSR count). The lowest BCUT2D eigenvalue weighted by molar-refractivity contribution is -0.148. The Labute approximate surface area is 120 Å². The van der Waals surface area contributed by atoms with Gasteiger partial charge in [-0.25, -0.2) is 4.79 Å². The van der Waals surface area contributed by atoms with Crippen LogP contribution in [0.3, 0.4) is 0 Å². The van der Waals surface area contributed by atoms with Gasteiger partial charge in [0.25, 0.3) is 5.91 Å². The van der Waals surface area contributed by atoms with Crippen LogP contribution in [0.4, 0.5) is 5.69 Å². The Balaban J connectivity index is 1.82. The number of ether oxygens (including phenoxy) is 3. The molecule has 1 aliphatic rings. The van der Waals surface area contributed by atoms with Crippen molar-refractivity contribution in [2.24, 2.45) is 0 Å². The van der Waals surface area contributed by atoms with Crippen molar-refractivity contribution in [2.45, 2.75) is 0 Å². The third-order valence-corrected chi connectivity index (χ3v) is 2.66. The van der Waals surface area contributed by atoms with Gasteiger partial charge in [-0.3, -0.25) is 4.79 Å². The molecule has 1 amide bonds. The SMILES string of the molecule is O=C(COC(=O)C1=COCCO1)Nc1ccccc1Cl. The van der Waals surface area contributed by atoms with Gasteiger partial charge in [-0.2, -0.15) is 0 Å². The van der Waals surface area contributed by atoms with Gasteiger partial charge in [0.05, 0.1) is 10.7 Å². The summed E-state index contributed by atoms with van der Waals surface area (Å²) >= 11 is 5.88. The van der Waals surface area contributed by atoms with Crippen molar-refractivity contribution in [1.29, 1.82) is 0 Å². The number of hydrogen-bond acceptors (Lipinski definition) is 5. The molecule has 0 saturated heterocycles. The summed E-state index contributed by atoms with van der Waals surface area (Å²) in [7, 11) is 0. The number of rotatable bonds is 4. The Morgan fingerprint density at radius 2 is 2.10 bits per heavy atom. The monoisotopic (exact) mass is 297 g/mol. The molecule has 0 atom stereocenters. The van der Waals surface area contributed by atoms with Crippen LogP contribution in [0.25, 0.3) is 0 Å². The standard InChI is InChI=1S/C13H12ClNO5/c14-9-3-1-2-4-10(9)15-12(16)8-20-13(17)11-7-18-5-6-19-11/h1-4,7H,5-6,8H2,(H,15,16). The van der Waals surface area contributed by atoms with Crippen LogP contribution in [0, 0.1) is 0 Å². The molecule has 0 bridgehead atoms. The topological polar surface area (TPSA) is 73.9 Å². The molecule has 0 aromatic heterocycles. The van der Waals surface area contributed by atoms with Crippen LogP contribution in [0.1, 0.15) is 0 Å². The van der Waals surface area contributed by atoms with E-state index in [2.05, 4.69) is 5.32 Å². The summed E-state index contributed by atoms with van der Waals surface area (Å²) in [6.45, 7) is 0.210. The number of para-hydroxylation sites is 1. The first kappa shape index (κ1) is 14.2. The van der Waals surface area contributed by atoms with Gasteiger partial charge >= 0.3 is 5.97 Å².